The fourth-order valence-corrected chi connectivity index (χ4v) is 4.14. The molecule has 0 radical (unpaired) electrons. The second-order valence-corrected chi connectivity index (χ2v) is 8.88. The Bertz CT molecular complexity index is 1460. The van der Waals surface area contributed by atoms with Gasteiger partial charge in [0.05, 0.1) is 5.39 Å². The Kier molecular flexibility index (Phi) is 8.03. The van der Waals surface area contributed by atoms with Gasteiger partial charge in [-0.05, 0) is 54.7 Å². The Morgan fingerprint density at radius 1 is 0.946 bits per heavy atom. The Morgan fingerprint density at radius 2 is 1.59 bits per heavy atom. The minimum atomic E-state index is -0.918. The summed E-state index contributed by atoms with van der Waals surface area (Å²) in [5.41, 5.74) is 3.65. The number of esters is 1. The van der Waals surface area contributed by atoms with Gasteiger partial charge < -0.3 is 19.2 Å². The fraction of sp³-hybridized carbons (Fsp3) is 0.233. The lowest BCUT2D eigenvalue weighted by Gasteiger charge is -2.18. The molecule has 0 spiro atoms. The van der Waals surface area contributed by atoms with Gasteiger partial charge in [0.2, 0.25) is 0 Å². The van der Waals surface area contributed by atoms with Crippen LogP contribution in [0, 0.1) is 13.8 Å². The molecule has 0 bridgehead atoms. The summed E-state index contributed by atoms with van der Waals surface area (Å²) < 4.78 is 16.7. The van der Waals surface area contributed by atoms with Crippen molar-refractivity contribution in [1.82, 2.24) is 5.32 Å². The molecular weight excluding hydrogens is 470 g/mol. The second kappa shape index (κ2) is 11.6. The summed E-state index contributed by atoms with van der Waals surface area (Å²) in [5, 5.41) is 3.13. The zero-order valence-electron chi connectivity index (χ0n) is 21.1. The van der Waals surface area contributed by atoms with Crippen LogP contribution in [-0.4, -0.2) is 18.1 Å². The van der Waals surface area contributed by atoms with Gasteiger partial charge in [-0.15, -0.1) is 0 Å². The standard InChI is InChI=1S/C30H29NO6/c1-4-24(31-30(34)35-18-22-13-9-6-10-14-22)29(33)37-26-16-19(2)15-25-27(26)20(3)23(28(32)36-25)17-21-11-7-5-8-12-21/h5-16,24H,4,17-18H2,1-3H3,(H,31,34). The van der Waals surface area contributed by atoms with E-state index in [0.29, 0.717) is 34.9 Å². The number of hydrogen-bond acceptors (Lipinski definition) is 6. The molecule has 1 amide bonds. The molecule has 0 aliphatic heterocycles. The first kappa shape index (κ1) is 25.7. The number of carbonyl (C=O) groups excluding carboxylic acids is 2. The molecule has 0 aliphatic carbocycles. The molecule has 37 heavy (non-hydrogen) atoms. The number of carbonyl (C=O) groups is 2. The van der Waals surface area contributed by atoms with Gasteiger partial charge in [-0.25, -0.2) is 14.4 Å². The molecule has 0 saturated carbocycles. The average molecular weight is 500 g/mol. The van der Waals surface area contributed by atoms with E-state index in [1.54, 1.807) is 19.1 Å². The average Bonchev–Trinajstić information content (AvgIpc) is 2.89. The van der Waals surface area contributed by atoms with Crippen molar-refractivity contribution in [3.05, 3.63) is 111 Å². The Morgan fingerprint density at radius 3 is 2.24 bits per heavy atom. The molecule has 4 aromatic rings. The molecule has 7 heteroatoms. The van der Waals surface area contributed by atoms with Gasteiger partial charge in [0.1, 0.15) is 24.0 Å². The van der Waals surface area contributed by atoms with Crippen molar-refractivity contribution in [2.75, 3.05) is 0 Å². The number of hydrogen-bond donors (Lipinski definition) is 1. The van der Waals surface area contributed by atoms with Crippen molar-refractivity contribution in [2.24, 2.45) is 0 Å². The minimum Gasteiger partial charge on any atom is -0.445 e. The normalized spacial score (nSPS) is 11.6. The molecule has 1 heterocycles. The Balaban J connectivity index is 1.56. The number of nitrogens with one attached hydrogen (secondary N) is 1. The van der Waals surface area contributed by atoms with Crippen LogP contribution in [0.15, 0.2) is 82.0 Å². The summed E-state index contributed by atoms with van der Waals surface area (Å²) >= 11 is 0. The number of ether oxygens (including phenoxy) is 2. The Hall–Kier alpha value is -4.39. The van der Waals surface area contributed by atoms with E-state index in [0.717, 1.165) is 16.7 Å². The molecule has 0 saturated heterocycles. The highest BCUT2D eigenvalue weighted by Crippen LogP contribution is 2.32. The summed E-state index contributed by atoms with van der Waals surface area (Å²) in [4.78, 5) is 38.2. The van der Waals surface area contributed by atoms with E-state index >= 15 is 0 Å². The monoisotopic (exact) mass is 499 g/mol. The van der Waals surface area contributed by atoms with E-state index in [1.807, 2.05) is 74.5 Å². The molecule has 1 atom stereocenters. The first-order valence-electron chi connectivity index (χ1n) is 12.2. The fourth-order valence-electron chi connectivity index (χ4n) is 4.14. The van der Waals surface area contributed by atoms with Gasteiger partial charge in [0, 0.05) is 12.0 Å². The predicted octanol–water partition coefficient (Wildman–Crippen LogP) is 5.61. The van der Waals surface area contributed by atoms with E-state index in [1.165, 1.54) is 0 Å². The zero-order valence-corrected chi connectivity index (χ0v) is 21.1. The van der Waals surface area contributed by atoms with Crippen LogP contribution >= 0.6 is 0 Å². The summed E-state index contributed by atoms with van der Waals surface area (Å²) in [6.07, 6.45) is -0.0244. The number of rotatable bonds is 8. The van der Waals surface area contributed by atoms with Crippen LogP contribution < -0.4 is 15.7 Å². The van der Waals surface area contributed by atoms with Gasteiger partial charge in [-0.1, -0.05) is 67.6 Å². The molecule has 3 aromatic carbocycles. The smallest absolute Gasteiger partial charge is 0.408 e. The lowest BCUT2D eigenvalue weighted by molar-refractivity contribution is -0.136. The van der Waals surface area contributed by atoms with Crippen LogP contribution in [0.5, 0.6) is 5.75 Å². The van der Waals surface area contributed by atoms with E-state index in [-0.39, 0.29) is 12.4 Å². The number of aryl methyl sites for hydroxylation is 2. The van der Waals surface area contributed by atoms with Gasteiger partial charge in [0.25, 0.3) is 0 Å². The number of amides is 1. The molecule has 1 N–H and O–H groups in total. The molecule has 7 nitrogen and oxygen atoms in total. The van der Waals surface area contributed by atoms with Crippen molar-refractivity contribution >= 4 is 23.0 Å². The summed E-state index contributed by atoms with van der Waals surface area (Å²) in [5.74, 6) is -0.366. The molecule has 190 valence electrons. The quantitative estimate of drug-likeness (QED) is 0.192. The third-order valence-electron chi connectivity index (χ3n) is 6.12. The highest BCUT2D eigenvalue weighted by atomic mass is 16.6. The molecule has 4 rings (SSSR count). The first-order chi connectivity index (χ1) is 17.9. The van der Waals surface area contributed by atoms with Crippen LogP contribution in [0.25, 0.3) is 11.0 Å². The predicted molar refractivity (Wildman–Crippen MR) is 141 cm³/mol. The van der Waals surface area contributed by atoms with E-state index in [9.17, 15) is 14.4 Å². The van der Waals surface area contributed by atoms with Crippen molar-refractivity contribution in [3.63, 3.8) is 0 Å². The third kappa shape index (κ3) is 6.25. The van der Waals surface area contributed by atoms with Crippen molar-refractivity contribution < 1.29 is 23.5 Å². The maximum absolute atomic E-state index is 13.1. The highest BCUT2D eigenvalue weighted by molar-refractivity contribution is 5.92. The zero-order chi connectivity index (χ0) is 26.4. The van der Waals surface area contributed by atoms with Crippen LogP contribution in [-0.2, 0) is 22.6 Å². The molecular formula is C30H29NO6. The second-order valence-electron chi connectivity index (χ2n) is 8.88. The highest BCUT2D eigenvalue weighted by Gasteiger charge is 2.24. The number of fused-ring (bicyclic) bond motifs is 1. The van der Waals surface area contributed by atoms with Crippen LogP contribution in [0.3, 0.4) is 0 Å². The maximum atomic E-state index is 13.1. The van der Waals surface area contributed by atoms with E-state index in [4.69, 9.17) is 13.9 Å². The van der Waals surface area contributed by atoms with Gasteiger partial charge in [-0.3, -0.25) is 0 Å². The summed E-state index contributed by atoms with van der Waals surface area (Å²) in [7, 11) is 0. The van der Waals surface area contributed by atoms with Crippen molar-refractivity contribution in [3.8, 4) is 5.75 Å². The van der Waals surface area contributed by atoms with Gasteiger partial charge >= 0.3 is 17.7 Å². The Labute approximate surface area is 215 Å². The van der Waals surface area contributed by atoms with Crippen LogP contribution in [0.4, 0.5) is 4.79 Å². The van der Waals surface area contributed by atoms with Crippen LogP contribution in [0.2, 0.25) is 0 Å². The lowest BCUT2D eigenvalue weighted by Crippen LogP contribution is -2.42. The molecule has 0 aliphatic rings. The largest absolute Gasteiger partial charge is 0.445 e. The number of benzene rings is 3. The summed E-state index contributed by atoms with van der Waals surface area (Å²) in [6, 6.07) is 21.4. The molecule has 1 aromatic heterocycles. The topological polar surface area (TPSA) is 94.8 Å². The summed E-state index contributed by atoms with van der Waals surface area (Å²) in [6.45, 7) is 5.49. The van der Waals surface area contributed by atoms with E-state index < -0.39 is 23.7 Å². The van der Waals surface area contributed by atoms with Crippen LogP contribution in [0.1, 0.15) is 41.2 Å². The SMILES string of the molecule is CCC(NC(=O)OCc1ccccc1)C(=O)Oc1cc(C)cc2oc(=O)c(Cc3ccccc3)c(C)c12. The maximum Gasteiger partial charge on any atom is 0.408 e. The molecule has 0 fully saturated rings. The van der Waals surface area contributed by atoms with Gasteiger partial charge in [-0.2, -0.15) is 0 Å². The van der Waals surface area contributed by atoms with Crippen molar-refractivity contribution in [2.45, 2.75) is 46.3 Å². The van der Waals surface area contributed by atoms with Crippen molar-refractivity contribution in [1.29, 1.82) is 0 Å². The van der Waals surface area contributed by atoms with Gasteiger partial charge in [0.15, 0.2) is 0 Å². The van der Waals surface area contributed by atoms with E-state index in [2.05, 4.69) is 5.32 Å². The third-order valence-corrected chi connectivity index (χ3v) is 6.12. The first-order valence-corrected chi connectivity index (χ1v) is 12.2. The minimum absolute atomic E-state index is 0.0864. The molecule has 1 unspecified atom stereocenters. The lowest BCUT2D eigenvalue weighted by atomic mass is 9.98. The number of alkyl carbamates (subject to hydrolysis) is 1.